The SMILES string of the molecule is COC(=O)c1cc(N)ccc1N1CCn2ccnc2C1. The second kappa shape index (κ2) is 4.88. The van der Waals surface area contributed by atoms with E-state index in [0.717, 1.165) is 24.6 Å². The minimum Gasteiger partial charge on any atom is -0.465 e. The summed E-state index contributed by atoms with van der Waals surface area (Å²) in [5, 5.41) is 0. The Morgan fingerprint density at radius 1 is 1.40 bits per heavy atom. The quantitative estimate of drug-likeness (QED) is 0.658. The number of ether oxygens (including phenoxy) is 1. The van der Waals surface area contributed by atoms with Gasteiger partial charge in [0, 0.05) is 31.2 Å². The van der Waals surface area contributed by atoms with Gasteiger partial charge in [0.1, 0.15) is 5.82 Å². The molecule has 0 atom stereocenters. The normalized spacial score (nSPS) is 13.9. The molecule has 0 aliphatic carbocycles. The molecule has 0 unspecified atom stereocenters. The van der Waals surface area contributed by atoms with Crippen molar-refractivity contribution in [3.05, 3.63) is 42.0 Å². The average molecular weight is 272 g/mol. The molecule has 104 valence electrons. The lowest BCUT2D eigenvalue weighted by Crippen LogP contribution is -2.34. The number of hydrogen-bond acceptors (Lipinski definition) is 5. The molecule has 6 heteroatoms. The minimum atomic E-state index is -0.374. The Kier molecular flexibility index (Phi) is 3.06. The van der Waals surface area contributed by atoms with Crippen molar-refractivity contribution in [2.24, 2.45) is 0 Å². The number of fused-ring (bicyclic) bond motifs is 1. The zero-order chi connectivity index (χ0) is 14.1. The van der Waals surface area contributed by atoms with Crippen LogP contribution in [0.3, 0.4) is 0 Å². The monoisotopic (exact) mass is 272 g/mol. The van der Waals surface area contributed by atoms with Crippen molar-refractivity contribution in [1.82, 2.24) is 9.55 Å². The van der Waals surface area contributed by atoms with Gasteiger partial charge in [0.25, 0.3) is 0 Å². The Balaban J connectivity index is 1.97. The zero-order valence-electron chi connectivity index (χ0n) is 11.2. The smallest absolute Gasteiger partial charge is 0.340 e. The summed E-state index contributed by atoms with van der Waals surface area (Å²) in [7, 11) is 1.37. The Bertz CT molecular complexity index is 650. The fourth-order valence-corrected chi connectivity index (χ4v) is 2.48. The summed E-state index contributed by atoms with van der Waals surface area (Å²) in [5.41, 5.74) is 7.64. The van der Waals surface area contributed by atoms with Crippen molar-refractivity contribution in [2.75, 3.05) is 24.3 Å². The first kappa shape index (κ1) is 12.5. The van der Waals surface area contributed by atoms with Crippen LogP contribution in [-0.2, 0) is 17.8 Å². The van der Waals surface area contributed by atoms with Crippen LogP contribution in [0.25, 0.3) is 0 Å². The van der Waals surface area contributed by atoms with Gasteiger partial charge in [-0.15, -0.1) is 0 Å². The third-order valence-corrected chi connectivity index (χ3v) is 3.51. The molecule has 2 heterocycles. The number of aromatic nitrogens is 2. The molecule has 2 N–H and O–H groups in total. The molecule has 20 heavy (non-hydrogen) atoms. The Morgan fingerprint density at radius 3 is 3.05 bits per heavy atom. The van der Waals surface area contributed by atoms with Gasteiger partial charge < -0.3 is 19.9 Å². The first-order chi connectivity index (χ1) is 9.69. The molecule has 0 saturated heterocycles. The van der Waals surface area contributed by atoms with E-state index in [1.807, 2.05) is 12.3 Å². The lowest BCUT2D eigenvalue weighted by molar-refractivity contribution is 0.0601. The molecule has 1 aromatic carbocycles. The number of nitrogens with zero attached hydrogens (tertiary/aromatic N) is 3. The third kappa shape index (κ3) is 2.09. The first-order valence-corrected chi connectivity index (χ1v) is 6.42. The zero-order valence-corrected chi connectivity index (χ0v) is 11.2. The van der Waals surface area contributed by atoms with Gasteiger partial charge in [-0.3, -0.25) is 0 Å². The molecule has 0 fully saturated rings. The molecule has 1 aliphatic heterocycles. The van der Waals surface area contributed by atoms with Crippen molar-refractivity contribution in [1.29, 1.82) is 0 Å². The van der Waals surface area contributed by atoms with Gasteiger partial charge in [-0.1, -0.05) is 0 Å². The summed E-state index contributed by atoms with van der Waals surface area (Å²) in [6.07, 6.45) is 3.76. The Morgan fingerprint density at radius 2 is 2.25 bits per heavy atom. The highest BCUT2D eigenvalue weighted by atomic mass is 16.5. The molecule has 1 aliphatic rings. The maximum Gasteiger partial charge on any atom is 0.340 e. The van der Waals surface area contributed by atoms with E-state index in [1.165, 1.54) is 7.11 Å². The van der Waals surface area contributed by atoms with Crippen LogP contribution in [0.4, 0.5) is 11.4 Å². The molecule has 0 saturated carbocycles. The lowest BCUT2D eigenvalue weighted by Gasteiger charge is -2.30. The van der Waals surface area contributed by atoms with Crippen LogP contribution < -0.4 is 10.6 Å². The molecule has 3 rings (SSSR count). The predicted octanol–water partition coefficient (Wildman–Crippen LogP) is 1.27. The van der Waals surface area contributed by atoms with Gasteiger partial charge in [-0.05, 0) is 18.2 Å². The number of benzene rings is 1. The number of hydrogen-bond donors (Lipinski definition) is 1. The van der Waals surface area contributed by atoms with Crippen LogP contribution in [0.5, 0.6) is 0 Å². The fourth-order valence-electron chi connectivity index (χ4n) is 2.48. The van der Waals surface area contributed by atoms with Crippen molar-refractivity contribution in [3.8, 4) is 0 Å². The first-order valence-electron chi connectivity index (χ1n) is 6.42. The molecule has 0 radical (unpaired) electrons. The standard InChI is InChI=1S/C14H16N4O2/c1-20-14(19)11-8-10(15)2-3-12(11)18-7-6-17-5-4-16-13(17)9-18/h2-5,8H,6-7,9,15H2,1H3. The van der Waals surface area contributed by atoms with Crippen LogP contribution >= 0.6 is 0 Å². The number of imidazole rings is 1. The minimum absolute atomic E-state index is 0.374. The van der Waals surface area contributed by atoms with E-state index in [-0.39, 0.29) is 5.97 Å². The molecule has 0 amide bonds. The highest BCUT2D eigenvalue weighted by Crippen LogP contribution is 2.27. The number of anilines is 2. The number of carbonyl (C=O) groups excluding carboxylic acids is 1. The number of nitrogens with two attached hydrogens (primary N) is 1. The summed E-state index contributed by atoms with van der Waals surface area (Å²) < 4.78 is 6.95. The van der Waals surface area contributed by atoms with Crippen molar-refractivity contribution >= 4 is 17.3 Å². The summed E-state index contributed by atoms with van der Waals surface area (Å²) >= 11 is 0. The van der Waals surface area contributed by atoms with E-state index >= 15 is 0 Å². The summed E-state index contributed by atoms with van der Waals surface area (Å²) in [4.78, 5) is 18.3. The van der Waals surface area contributed by atoms with Crippen molar-refractivity contribution in [2.45, 2.75) is 13.1 Å². The maximum absolute atomic E-state index is 11.9. The van der Waals surface area contributed by atoms with E-state index in [1.54, 1.807) is 18.3 Å². The molecular weight excluding hydrogens is 256 g/mol. The molecule has 0 spiro atoms. The van der Waals surface area contributed by atoms with E-state index in [2.05, 4.69) is 14.5 Å². The van der Waals surface area contributed by atoms with Crippen molar-refractivity contribution < 1.29 is 9.53 Å². The second-order valence-electron chi connectivity index (χ2n) is 4.73. The van der Waals surface area contributed by atoms with Gasteiger partial charge in [-0.2, -0.15) is 0 Å². The van der Waals surface area contributed by atoms with Crippen LogP contribution in [-0.4, -0.2) is 29.2 Å². The number of carbonyl (C=O) groups is 1. The van der Waals surface area contributed by atoms with E-state index in [9.17, 15) is 4.79 Å². The Hall–Kier alpha value is -2.50. The topological polar surface area (TPSA) is 73.4 Å². The molecule has 0 bridgehead atoms. The van der Waals surface area contributed by atoms with E-state index in [0.29, 0.717) is 17.8 Å². The molecular formula is C14H16N4O2. The number of rotatable bonds is 2. The summed E-state index contributed by atoms with van der Waals surface area (Å²) in [6.45, 7) is 2.33. The number of esters is 1. The van der Waals surface area contributed by atoms with Gasteiger partial charge in [0.2, 0.25) is 0 Å². The van der Waals surface area contributed by atoms with Gasteiger partial charge in [0.15, 0.2) is 0 Å². The van der Waals surface area contributed by atoms with Crippen molar-refractivity contribution in [3.63, 3.8) is 0 Å². The lowest BCUT2D eigenvalue weighted by atomic mass is 10.1. The molecule has 2 aromatic rings. The largest absolute Gasteiger partial charge is 0.465 e. The third-order valence-electron chi connectivity index (χ3n) is 3.51. The van der Waals surface area contributed by atoms with Gasteiger partial charge >= 0.3 is 5.97 Å². The van der Waals surface area contributed by atoms with Crippen LogP contribution in [0.15, 0.2) is 30.6 Å². The highest BCUT2D eigenvalue weighted by Gasteiger charge is 2.22. The molecule has 1 aromatic heterocycles. The number of methoxy groups -OCH3 is 1. The van der Waals surface area contributed by atoms with Crippen LogP contribution in [0.1, 0.15) is 16.2 Å². The summed E-state index contributed by atoms with van der Waals surface area (Å²) in [5.74, 6) is 0.616. The highest BCUT2D eigenvalue weighted by molar-refractivity contribution is 5.97. The van der Waals surface area contributed by atoms with Crippen LogP contribution in [0.2, 0.25) is 0 Å². The van der Waals surface area contributed by atoms with Crippen LogP contribution in [0, 0.1) is 0 Å². The second-order valence-corrected chi connectivity index (χ2v) is 4.73. The predicted molar refractivity (Wildman–Crippen MR) is 75.5 cm³/mol. The number of nitrogen functional groups attached to an aromatic ring is 1. The average Bonchev–Trinajstić information content (AvgIpc) is 2.93. The van der Waals surface area contributed by atoms with Gasteiger partial charge in [0.05, 0.1) is 24.9 Å². The summed E-state index contributed by atoms with van der Waals surface area (Å²) in [6, 6.07) is 5.31. The maximum atomic E-state index is 11.9. The molecule has 6 nitrogen and oxygen atoms in total. The van der Waals surface area contributed by atoms with E-state index in [4.69, 9.17) is 10.5 Å². The van der Waals surface area contributed by atoms with E-state index < -0.39 is 0 Å². The Labute approximate surface area is 116 Å². The van der Waals surface area contributed by atoms with Gasteiger partial charge in [-0.25, -0.2) is 9.78 Å². The fraction of sp³-hybridized carbons (Fsp3) is 0.286.